The van der Waals surface area contributed by atoms with Crippen molar-refractivity contribution in [3.63, 3.8) is 0 Å². The summed E-state index contributed by atoms with van der Waals surface area (Å²) in [5.74, 6) is 0.795. The van der Waals surface area contributed by atoms with E-state index in [0.29, 0.717) is 0 Å². The molecule has 3 N–H and O–H groups in total. The first kappa shape index (κ1) is 32.2. The summed E-state index contributed by atoms with van der Waals surface area (Å²) >= 11 is 0. The van der Waals surface area contributed by atoms with Crippen molar-refractivity contribution in [3.05, 3.63) is 78.6 Å². The molecule has 212 valence electrons. The third-order valence-corrected chi connectivity index (χ3v) is 5.84. The van der Waals surface area contributed by atoms with Gasteiger partial charge < -0.3 is 15.8 Å². The molecule has 0 radical (unpaired) electrons. The summed E-state index contributed by atoms with van der Waals surface area (Å²) in [6.45, 7) is 11.4. The summed E-state index contributed by atoms with van der Waals surface area (Å²) in [6, 6.07) is 16.3. The van der Waals surface area contributed by atoms with Crippen LogP contribution in [-0.4, -0.2) is 39.7 Å². The normalized spacial score (nSPS) is 10.6. The third kappa shape index (κ3) is 9.32. The molecule has 9 nitrogen and oxygen atoms in total. The zero-order valence-corrected chi connectivity index (χ0v) is 24.6. The van der Waals surface area contributed by atoms with Gasteiger partial charge in [-0.3, -0.25) is 19.7 Å². The number of aldehydes is 1. The molecule has 4 aromatic rings. The summed E-state index contributed by atoms with van der Waals surface area (Å²) in [7, 11) is 1.85. The number of rotatable bonds is 5. The second-order valence-electron chi connectivity index (χ2n) is 10.8. The van der Waals surface area contributed by atoms with E-state index in [1.54, 1.807) is 12.4 Å². The van der Waals surface area contributed by atoms with Gasteiger partial charge in [-0.1, -0.05) is 20.8 Å². The maximum atomic E-state index is 9.83. The first-order valence-electron chi connectivity index (χ1n) is 13.0. The van der Waals surface area contributed by atoms with Crippen molar-refractivity contribution >= 4 is 18.5 Å². The van der Waals surface area contributed by atoms with Crippen LogP contribution in [-0.2, 0) is 15.0 Å². The lowest BCUT2D eigenvalue weighted by atomic mass is 9.89. The molecule has 9 heteroatoms. The minimum absolute atomic E-state index is 0.139. The molecular weight excluding hydrogens is 514 g/mol. The summed E-state index contributed by atoms with van der Waals surface area (Å²) < 4.78 is 0. The molecule has 4 rings (SSSR count). The van der Waals surface area contributed by atoms with Crippen LogP contribution in [0.25, 0.3) is 33.5 Å². The lowest BCUT2D eigenvalue weighted by molar-refractivity contribution is -0.114. The summed E-state index contributed by atoms with van der Waals surface area (Å²) in [4.78, 5) is 36.3. The van der Waals surface area contributed by atoms with Gasteiger partial charge in [0.2, 0.25) is 6.41 Å². The molecule has 4 heterocycles. The Morgan fingerprint density at radius 2 is 1.41 bits per heavy atom. The van der Waals surface area contributed by atoms with Crippen LogP contribution < -0.4 is 11.1 Å². The molecule has 0 saturated heterocycles. The number of aromatic nitrogens is 4. The standard InChI is InChI=1S/C26H24N6.C5H10O.CH3NO/c1-17-22(19-6-8-29-23(12-19)20-7-10-31-25(14-20)28-4)11-21(15-32-17)18-5-9-30-24(13-18)26(2,3)16-27;1-5(2,3)4-6;2-1-3/h5-15H,1-4H3,(H,28,31);4H,1-3H3;1H,(H2,2,3). The van der Waals surface area contributed by atoms with E-state index in [9.17, 15) is 10.1 Å². The highest BCUT2D eigenvalue weighted by Crippen LogP contribution is 2.31. The number of aryl methyl sites for hydroxylation is 1. The van der Waals surface area contributed by atoms with Crippen LogP contribution in [0.2, 0.25) is 0 Å². The van der Waals surface area contributed by atoms with E-state index in [1.807, 2.05) is 91.3 Å². The van der Waals surface area contributed by atoms with Crippen molar-refractivity contribution in [1.29, 1.82) is 5.26 Å². The number of nitrogens with two attached hydrogens (primary N) is 1. The van der Waals surface area contributed by atoms with Crippen LogP contribution in [0.1, 0.15) is 46.0 Å². The molecule has 0 aromatic carbocycles. The number of hydrogen-bond acceptors (Lipinski definition) is 8. The van der Waals surface area contributed by atoms with Gasteiger partial charge in [0.1, 0.15) is 12.1 Å². The fourth-order valence-electron chi connectivity index (χ4n) is 3.47. The molecule has 0 saturated carbocycles. The molecule has 1 amide bonds. The Kier molecular flexibility index (Phi) is 11.3. The van der Waals surface area contributed by atoms with Crippen molar-refractivity contribution in [1.82, 2.24) is 19.9 Å². The number of nitrogens with zero attached hydrogens (tertiary/aromatic N) is 5. The van der Waals surface area contributed by atoms with Crippen molar-refractivity contribution < 1.29 is 9.59 Å². The van der Waals surface area contributed by atoms with Crippen LogP contribution in [0.5, 0.6) is 0 Å². The van der Waals surface area contributed by atoms with Crippen LogP contribution in [0.15, 0.2) is 67.3 Å². The first-order chi connectivity index (χ1) is 19.4. The summed E-state index contributed by atoms with van der Waals surface area (Å²) in [5, 5.41) is 12.5. The second-order valence-corrected chi connectivity index (χ2v) is 10.8. The van der Waals surface area contributed by atoms with Gasteiger partial charge in [0.05, 0.1) is 22.9 Å². The molecule has 41 heavy (non-hydrogen) atoms. The molecule has 0 unspecified atom stereocenters. The average molecular weight is 552 g/mol. The minimum atomic E-state index is -0.659. The van der Waals surface area contributed by atoms with Gasteiger partial charge in [0.15, 0.2) is 0 Å². The zero-order chi connectivity index (χ0) is 30.6. The van der Waals surface area contributed by atoms with E-state index in [0.717, 1.165) is 57.0 Å². The topological polar surface area (TPSA) is 148 Å². The number of pyridine rings is 4. The maximum absolute atomic E-state index is 9.83. The van der Waals surface area contributed by atoms with Crippen LogP contribution in [0, 0.1) is 23.7 Å². The van der Waals surface area contributed by atoms with Gasteiger partial charge in [0.25, 0.3) is 0 Å². The molecule has 0 aliphatic heterocycles. The molecule has 0 fully saturated rings. The number of anilines is 1. The highest BCUT2D eigenvalue weighted by atomic mass is 16.1. The number of hydrogen-bond donors (Lipinski definition) is 2. The fourth-order valence-corrected chi connectivity index (χ4v) is 3.47. The van der Waals surface area contributed by atoms with E-state index >= 15 is 0 Å². The molecule has 0 bridgehead atoms. The molecule has 0 aliphatic carbocycles. The van der Waals surface area contributed by atoms with E-state index in [4.69, 9.17) is 4.79 Å². The van der Waals surface area contributed by atoms with E-state index in [2.05, 4.69) is 49.2 Å². The predicted molar refractivity (Wildman–Crippen MR) is 163 cm³/mol. The molecular formula is C32H37N7O2. The van der Waals surface area contributed by atoms with Gasteiger partial charge in [0, 0.05) is 59.6 Å². The van der Waals surface area contributed by atoms with Crippen LogP contribution >= 0.6 is 0 Å². The zero-order valence-electron chi connectivity index (χ0n) is 24.6. The fraction of sp³-hybridized carbons (Fsp3) is 0.281. The van der Waals surface area contributed by atoms with Crippen LogP contribution in [0.3, 0.4) is 0 Å². The Morgan fingerprint density at radius 1 is 0.829 bits per heavy atom. The summed E-state index contributed by atoms with van der Waals surface area (Å²) in [6.07, 6.45) is 8.38. The Hall–Kier alpha value is -4.97. The molecule has 4 aromatic heterocycles. The number of amides is 1. The number of primary amides is 1. The second kappa shape index (κ2) is 14.4. The van der Waals surface area contributed by atoms with Crippen molar-refractivity contribution in [2.45, 2.75) is 47.0 Å². The molecule has 0 spiro atoms. The van der Waals surface area contributed by atoms with Gasteiger partial charge in [-0.25, -0.2) is 4.98 Å². The molecule has 0 atom stereocenters. The van der Waals surface area contributed by atoms with Crippen molar-refractivity contribution in [2.24, 2.45) is 11.1 Å². The van der Waals surface area contributed by atoms with E-state index in [1.165, 1.54) is 0 Å². The minimum Gasteiger partial charge on any atom is -0.373 e. The van der Waals surface area contributed by atoms with E-state index < -0.39 is 5.41 Å². The van der Waals surface area contributed by atoms with Crippen LogP contribution in [0.4, 0.5) is 5.82 Å². The Bertz CT molecular complexity index is 1520. The first-order valence-corrected chi connectivity index (χ1v) is 13.0. The van der Waals surface area contributed by atoms with Gasteiger partial charge in [-0.05, 0) is 74.4 Å². The van der Waals surface area contributed by atoms with Crippen molar-refractivity contribution in [3.8, 4) is 39.6 Å². The lowest BCUT2D eigenvalue weighted by Gasteiger charge is -2.16. The number of carbonyl (C=O) groups excluding carboxylic acids is 2. The lowest BCUT2D eigenvalue weighted by Crippen LogP contribution is -2.15. The average Bonchev–Trinajstić information content (AvgIpc) is 2.98. The maximum Gasteiger partial charge on any atom is 0.204 e. The van der Waals surface area contributed by atoms with E-state index in [-0.39, 0.29) is 11.8 Å². The Balaban J connectivity index is 0.000000572. The monoisotopic (exact) mass is 551 g/mol. The predicted octanol–water partition coefficient (Wildman–Crippen LogP) is 5.75. The van der Waals surface area contributed by atoms with Gasteiger partial charge >= 0.3 is 0 Å². The smallest absolute Gasteiger partial charge is 0.204 e. The largest absolute Gasteiger partial charge is 0.373 e. The van der Waals surface area contributed by atoms with Gasteiger partial charge in [-0.15, -0.1) is 0 Å². The Morgan fingerprint density at radius 3 is 2.02 bits per heavy atom. The quantitative estimate of drug-likeness (QED) is 0.298. The Labute approximate surface area is 241 Å². The highest BCUT2D eigenvalue weighted by Gasteiger charge is 2.22. The number of nitrogens with one attached hydrogen (secondary N) is 1. The SMILES string of the molecule is CC(C)(C)C=O.CNc1cc(-c2cc(-c3cc(-c4ccnc(C(C)(C)C#N)c4)cnc3C)ccn2)ccn1.NC=O. The molecule has 0 aliphatic rings. The number of nitriles is 1. The highest BCUT2D eigenvalue weighted by molar-refractivity contribution is 5.76. The summed E-state index contributed by atoms with van der Waals surface area (Å²) in [5.41, 5.74) is 10.9. The number of carbonyl (C=O) groups is 2. The van der Waals surface area contributed by atoms with Crippen molar-refractivity contribution in [2.75, 3.05) is 12.4 Å². The third-order valence-electron chi connectivity index (χ3n) is 5.84. The van der Waals surface area contributed by atoms with Gasteiger partial charge in [-0.2, -0.15) is 5.26 Å².